The van der Waals surface area contributed by atoms with Crippen LogP contribution in [-0.2, 0) is 9.59 Å². The molecule has 33 heavy (non-hydrogen) atoms. The quantitative estimate of drug-likeness (QED) is 0.615. The molecule has 3 rings (SSSR count). The number of rotatable bonds is 7. The van der Waals surface area contributed by atoms with Gasteiger partial charge >= 0.3 is 0 Å². The van der Waals surface area contributed by atoms with Gasteiger partial charge in [-0.3, -0.25) is 9.59 Å². The first-order chi connectivity index (χ1) is 15.5. The monoisotopic (exact) mass is 470 g/mol. The molecule has 7 heteroatoms. The molecule has 0 saturated carbocycles. The van der Waals surface area contributed by atoms with Crippen LogP contribution in [-0.4, -0.2) is 46.4 Å². The molecule has 3 atom stereocenters. The molecule has 2 aromatic rings. The largest absolute Gasteiger partial charge is 0.348 e. The van der Waals surface area contributed by atoms with Crippen molar-refractivity contribution in [3.05, 3.63) is 41.0 Å². The third kappa shape index (κ3) is 6.01. The highest BCUT2D eigenvalue weighted by molar-refractivity contribution is 7.13. The lowest BCUT2D eigenvalue weighted by Crippen LogP contribution is -2.57. The van der Waals surface area contributed by atoms with Crippen LogP contribution in [0, 0.1) is 12.3 Å². The van der Waals surface area contributed by atoms with E-state index >= 15 is 0 Å². The Morgan fingerprint density at radius 3 is 2.36 bits per heavy atom. The molecule has 1 aromatic carbocycles. The van der Waals surface area contributed by atoms with Crippen molar-refractivity contribution in [3.63, 3.8) is 0 Å². The number of benzene rings is 1. The summed E-state index contributed by atoms with van der Waals surface area (Å²) >= 11 is 1.63. The molecule has 1 aliphatic rings. The SMILES string of the molecule is Cc1ncsc1-c1ccc([C@H](C)NC(=O)C2CCCN2C(=O)[C@@H](NC(C)C)C(C)(C)C)cc1. The number of hydrogen-bond donors (Lipinski definition) is 2. The fraction of sp³-hybridized carbons (Fsp3) is 0.577. The van der Waals surface area contributed by atoms with Crippen molar-refractivity contribution in [2.45, 2.75) is 85.5 Å². The van der Waals surface area contributed by atoms with Gasteiger partial charge < -0.3 is 15.5 Å². The Balaban J connectivity index is 1.68. The van der Waals surface area contributed by atoms with E-state index in [0.29, 0.717) is 13.0 Å². The molecule has 1 aromatic heterocycles. The van der Waals surface area contributed by atoms with Gasteiger partial charge in [0.2, 0.25) is 11.8 Å². The predicted octanol–water partition coefficient (Wildman–Crippen LogP) is 4.70. The Morgan fingerprint density at radius 1 is 1.15 bits per heavy atom. The molecule has 2 N–H and O–H groups in total. The number of amides is 2. The van der Waals surface area contributed by atoms with Gasteiger partial charge in [-0.15, -0.1) is 11.3 Å². The number of carbonyl (C=O) groups is 2. The van der Waals surface area contributed by atoms with Crippen LogP contribution in [0.2, 0.25) is 0 Å². The van der Waals surface area contributed by atoms with E-state index in [9.17, 15) is 9.59 Å². The first kappa shape index (κ1) is 25.4. The zero-order valence-electron chi connectivity index (χ0n) is 20.9. The third-order valence-corrected chi connectivity index (χ3v) is 7.21. The maximum atomic E-state index is 13.5. The molecule has 2 heterocycles. The summed E-state index contributed by atoms with van der Waals surface area (Å²) in [6.45, 7) is 14.9. The molecule has 180 valence electrons. The Hall–Kier alpha value is -2.25. The maximum Gasteiger partial charge on any atom is 0.243 e. The minimum absolute atomic E-state index is 0.0192. The summed E-state index contributed by atoms with van der Waals surface area (Å²) in [5.74, 6) is -0.0567. The zero-order chi connectivity index (χ0) is 24.3. The molecular formula is C26H38N4O2S. The minimum Gasteiger partial charge on any atom is -0.348 e. The van der Waals surface area contributed by atoms with E-state index in [4.69, 9.17) is 0 Å². The molecule has 0 radical (unpaired) electrons. The van der Waals surface area contributed by atoms with Gasteiger partial charge in [-0.1, -0.05) is 58.9 Å². The molecule has 0 spiro atoms. The van der Waals surface area contributed by atoms with Gasteiger partial charge in [-0.05, 0) is 43.2 Å². The second-order valence-corrected chi connectivity index (χ2v) is 11.3. The van der Waals surface area contributed by atoms with E-state index in [2.05, 4.69) is 60.7 Å². The van der Waals surface area contributed by atoms with Crippen LogP contribution in [0.1, 0.15) is 71.7 Å². The Labute approximate surface area is 202 Å². The smallest absolute Gasteiger partial charge is 0.243 e. The highest BCUT2D eigenvalue weighted by Crippen LogP contribution is 2.29. The standard InChI is InChI=1S/C26H38N4O2S/c1-16(2)28-23(26(5,6)7)25(32)30-14-8-9-21(30)24(31)29-17(3)19-10-12-20(13-11-19)22-18(4)27-15-33-22/h10-13,15-17,21,23,28H,8-9,14H2,1-7H3,(H,29,31)/t17-,21?,23+/m0/s1. The van der Waals surface area contributed by atoms with Crippen molar-refractivity contribution in [2.75, 3.05) is 6.54 Å². The maximum absolute atomic E-state index is 13.5. The summed E-state index contributed by atoms with van der Waals surface area (Å²) in [5, 5.41) is 6.56. The van der Waals surface area contributed by atoms with Crippen LogP contribution in [0.25, 0.3) is 10.4 Å². The fourth-order valence-electron chi connectivity index (χ4n) is 4.39. The summed E-state index contributed by atoms with van der Waals surface area (Å²) in [4.78, 5) is 33.9. The molecule has 1 fully saturated rings. The van der Waals surface area contributed by atoms with E-state index in [1.54, 1.807) is 16.2 Å². The summed E-state index contributed by atoms with van der Waals surface area (Å²) < 4.78 is 0. The minimum atomic E-state index is -0.419. The number of thiazole rings is 1. The van der Waals surface area contributed by atoms with Gasteiger partial charge in [0.1, 0.15) is 6.04 Å². The van der Waals surface area contributed by atoms with Crippen LogP contribution < -0.4 is 10.6 Å². The van der Waals surface area contributed by atoms with Gasteiger partial charge in [0.05, 0.1) is 28.2 Å². The van der Waals surface area contributed by atoms with E-state index in [0.717, 1.165) is 23.2 Å². The van der Waals surface area contributed by atoms with Gasteiger partial charge in [-0.25, -0.2) is 4.98 Å². The number of aromatic nitrogens is 1. The van der Waals surface area contributed by atoms with E-state index < -0.39 is 6.04 Å². The Bertz CT molecular complexity index is 961. The van der Waals surface area contributed by atoms with Crippen LogP contribution in [0.3, 0.4) is 0 Å². The summed E-state index contributed by atoms with van der Waals surface area (Å²) in [5.41, 5.74) is 4.82. The van der Waals surface area contributed by atoms with Gasteiger partial charge in [0, 0.05) is 12.6 Å². The first-order valence-electron chi connectivity index (χ1n) is 11.9. The predicted molar refractivity (Wildman–Crippen MR) is 135 cm³/mol. The van der Waals surface area contributed by atoms with Crippen molar-refractivity contribution in [2.24, 2.45) is 5.41 Å². The highest BCUT2D eigenvalue weighted by Gasteiger charge is 2.41. The van der Waals surface area contributed by atoms with Crippen molar-refractivity contribution >= 4 is 23.2 Å². The lowest BCUT2D eigenvalue weighted by atomic mass is 9.85. The third-order valence-electron chi connectivity index (χ3n) is 6.23. The van der Waals surface area contributed by atoms with Crippen molar-refractivity contribution in [1.29, 1.82) is 0 Å². The lowest BCUT2D eigenvalue weighted by Gasteiger charge is -2.36. The van der Waals surface area contributed by atoms with Crippen LogP contribution in [0.15, 0.2) is 29.8 Å². The number of carbonyl (C=O) groups excluding carboxylic acids is 2. The zero-order valence-corrected chi connectivity index (χ0v) is 21.8. The average molecular weight is 471 g/mol. The van der Waals surface area contributed by atoms with E-state index in [1.165, 1.54) is 4.88 Å². The molecule has 2 amide bonds. The average Bonchev–Trinajstić information content (AvgIpc) is 3.40. The van der Waals surface area contributed by atoms with Crippen LogP contribution >= 0.6 is 11.3 Å². The number of hydrogen-bond acceptors (Lipinski definition) is 5. The van der Waals surface area contributed by atoms with Crippen molar-refractivity contribution < 1.29 is 9.59 Å². The molecule has 0 bridgehead atoms. The lowest BCUT2D eigenvalue weighted by molar-refractivity contribution is -0.142. The highest BCUT2D eigenvalue weighted by atomic mass is 32.1. The molecule has 1 saturated heterocycles. The Kier molecular flexibility index (Phi) is 7.96. The number of aryl methyl sites for hydroxylation is 1. The molecular weight excluding hydrogens is 432 g/mol. The fourth-order valence-corrected chi connectivity index (χ4v) is 5.20. The summed E-state index contributed by atoms with van der Waals surface area (Å²) in [6.07, 6.45) is 1.55. The Morgan fingerprint density at radius 2 is 1.82 bits per heavy atom. The van der Waals surface area contributed by atoms with Crippen molar-refractivity contribution in [1.82, 2.24) is 20.5 Å². The van der Waals surface area contributed by atoms with Crippen LogP contribution in [0.4, 0.5) is 0 Å². The van der Waals surface area contributed by atoms with Gasteiger partial charge in [0.15, 0.2) is 0 Å². The summed E-state index contributed by atoms with van der Waals surface area (Å²) in [7, 11) is 0. The molecule has 0 aliphatic carbocycles. The van der Waals surface area contributed by atoms with Gasteiger partial charge in [0.25, 0.3) is 0 Å². The van der Waals surface area contributed by atoms with E-state index in [-0.39, 0.29) is 35.4 Å². The normalized spacial score (nSPS) is 18.4. The number of likely N-dealkylation sites (tertiary alicyclic amines) is 1. The van der Waals surface area contributed by atoms with Crippen LogP contribution in [0.5, 0.6) is 0 Å². The van der Waals surface area contributed by atoms with Gasteiger partial charge in [-0.2, -0.15) is 0 Å². The molecule has 1 unspecified atom stereocenters. The first-order valence-corrected chi connectivity index (χ1v) is 12.7. The topological polar surface area (TPSA) is 74.3 Å². The number of nitrogens with one attached hydrogen (secondary N) is 2. The number of nitrogens with zero attached hydrogens (tertiary/aromatic N) is 2. The second kappa shape index (κ2) is 10.3. The molecule has 6 nitrogen and oxygen atoms in total. The van der Waals surface area contributed by atoms with E-state index in [1.807, 2.05) is 33.2 Å². The second-order valence-electron chi connectivity index (χ2n) is 10.4. The molecule has 1 aliphatic heterocycles. The summed E-state index contributed by atoms with van der Waals surface area (Å²) in [6, 6.07) is 7.57. The van der Waals surface area contributed by atoms with Crippen molar-refractivity contribution in [3.8, 4) is 10.4 Å².